The molecule has 8 heteroatoms. The number of hydrogen-bond donors (Lipinski definition) is 1. The van der Waals surface area contributed by atoms with E-state index in [1.165, 1.54) is 4.90 Å². The number of rotatable bonds is 6. The molecule has 0 bridgehead atoms. The van der Waals surface area contributed by atoms with Crippen LogP contribution in [0.5, 0.6) is 0 Å². The van der Waals surface area contributed by atoms with Gasteiger partial charge in [-0.1, -0.05) is 13.8 Å². The van der Waals surface area contributed by atoms with E-state index in [0.29, 0.717) is 13.0 Å². The highest BCUT2D eigenvalue weighted by Gasteiger charge is 2.49. The maximum atomic E-state index is 13.8. The average Bonchev–Trinajstić information content (AvgIpc) is 3.17. The van der Waals surface area contributed by atoms with Crippen LogP contribution in [-0.2, 0) is 14.3 Å². The summed E-state index contributed by atoms with van der Waals surface area (Å²) in [6, 6.07) is -0.969. The van der Waals surface area contributed by atoms with Crippen molar-refractivity contribution in [3.63, 3.8) is 0 Å². The lowest BCUT2D eigenvalue weighted by atomic mass is 9.74. The molecule has 3 amide bonds. The number of nitrogens with zero attached hydrogens (tertiary/aromatic N) is 3. The molecule has 0 aromatic heterocycles. The standard InChI is InChI=1S/C26H47N3O5/c1-10-27(9)21(31)20-15-19(16-28(20)23(33)34-24(2,3)4)29(22(32)26(7,8)17-30)18-11-13-25(5,6)14-12-18/h18-20,30H,10-17H2,1-9H3/t19-,20-/m0/s1. The highest BCUT2D eigenvalue weighted by Crippen LogP contribution is 2.40. The molecule has 1 saturated heterocycles. The van der Waals surface area contributed by atoms with Gasteiger partial charge < -0.3 is 19.6 Å². The molecule has 1 heterocycles. The molecule has 0 radical (unpaired) electrons. The van der Waals surface area contributed by atoms with Crippen molar-refractivity contribution in [1.82, 2.24) is 14.7 Å². The summed E-state index contributed by atoms with van der Waals surface area (Å²) in [5.74, 6) is -0.264. The Labute approximate surface area is 206 Å². The Balaban J connectivity index is 2.41. The van der Waals surface area contributed by atoms with Crippen LogP contribution in [-0.4, -0.2) is 88.2 Å². The smallest absolute Gasteiger partial charge is 0.411 e. The summed E-state index contributed by atoms with van der Waals surface area (Å²) in [6.45, 7) is 15.8. The Morgan fingerprint density at radius 3 is 2.09 bits per heavy atom. The number of likely N-dealkylation sites (tertiary alicyclic amines) is 1. The third-order valence-electron chi connectivity index (χ3n) is 7.35. The lowest BCUT2D eigenvalue weighted by Crippen LogP contribution is -2.55. The summed E-state index contributed by atoms with van der Waals surface area (Å²) < 4.78 is 5.64. The van der Waals surface area contributed by atoms with Crippen LogP contribution in [0.4, 0.5) is 4.79 Å². The van der Waals surface area contributed by atoms with Gasteiger partial charge in [0.05, 0.1) is 18.1 Å². The monoisotopic (exact) mass is 481 g/mol. The molecule has 0 aromatic rings. The predicted molar refractivity (Wildman–Crippen MR) is 132 cm³/mol. The van der Waals surface area contributed by atoms with E-state index >= 15 is 0 Å². The summed E-state index contributed by atoms with van der Waals surface area (Å²) >= 11 is 0. The van der Waals surface area contributed by atoms with Gasteiger partial charge in [-0.05, 0) is 79.1 Å². The Bertz CT molecular complexity index is 748. The molecule has 196 valence electrons. The Kier molecular flexibility index (Phi) is 8.71. The van der Waals surface area contributed by atoms with Crippen LogP contribution < -0.4 is 0 Å². The summed E-state index contributed by atoms with van der Waals surface area (Å²) in [5, 5.41) is 9.96. The van der Waals surface area contributed by atoms with Gasteiger partial charge >= 0.3 is 6.09 Å². The molecule has 0 aromatic carbocycles. The maximum Gasteiger partial charge on any atom is 0.411 e. The number of ether oxygens (including phenoxy) is 1. The van der Waals surface area contributed by atoms with Crippen molar-refractivity contribution >= 4 is 17.9 Å². The highest BCUT2D eigenvalue weighted by atomic mass is 16.6. The van der Waals surface area contributed by atoms with Gasteiger partial charge in [0.15, 0.2) is 0 Å². The number of carbonyl (C=O) groups is 3. The van der Waals surface area contributed by atoms with E-state index < -0.39 is 23.2 Å². The molecular weight excluding hydrogens is 434 g/mol. The molecule has 2 fully saturated rings. The third kappa shape index (κ3) is 6.64. The minimum Gasteiger partial charge on any atom is -0.444 e. The zero-order chi connectivity index (χ0) is 26.1. The molecular formula is C26H47N3O5. The van der Waals surface area contributed by atoms with Crippen molar-refractivity contribution in [2.75, 3.05) is 26.7 Å². The Hall–Kier alpha value is -1.83. The van der Waals surface area contributed by atoms with Gasteiger partial charge in [-0.25, -0.2) is 4.79 Å². The van der Waals surface area contributed by atoms with E-state index in [0.717, 1.165) is 25.7 Å². The fourth-order valence-corrected chi connectivity index (χ4v) is 4.89. The van der Waals surface area contributed by atoms with Gasteiger partial charge in [0.1, 0.15) is 11.6 Å². The summed E-state index contributed by atoms with van der Waals surface area (Å²) in [6.07, 6.45) is 3.59. The second-order valence-electron chi connectivity index (χ2n) is 12.5. The van der Waals surface area contributed by atoms with E-state index in [9.17, 15) is 19.5 Å². The topological polar surface area (TPSA) is 90.4 Å². The number of aliphatic hydroxyl groups excluding tert-OH is 1. The fourth-order valence-electron chi connectivity index (χ4n) is 4.89. The number of aliphatic hydroxyl groups is 1. The van der Waals surface area contributed by atoms with Crippen LogP contribution >= 0.6 is 0 Å². The molecule has 8 nitrogen and oxygen atoms in total. The predicted octanol–water partition coefficient (Wildman–Crippen LogP) is 3.66. The van der Waals surface area contributed by atoms with E-state index in [1.807, 2.05) is 11.8 Å². The number of likely N-dealkylation sites (N-methyl/N-ethyl adjacent to an activating group) is 1. The van der Waals surface area contributed by atoms with Crippen LogP contribution in [0.15, 0.2) is 0 Å². The molecule has 1 saturated carbocycles. The molecule has 1 N–H and O–H groups in total. The third-order valence-corrected chi connectivity index (χ3v) is 7.35. The van der Waals surface area contributed by atoms with Crippen molar-refractivity contribution < 1.29 is 24.2 Å². The van der Waals surface area contributed by atoms with Crippen LogP contribution in [0.2, 0.25) is 0 Å². The van der Waals surface area contributed by atoms with Crippen LogP contribution in [0.1, 0.15) is 87.5 Å². The fraction of sp³-hybridized carbons (Fsp3) is 0.885. The van der Waals surface area contributed by atoms with Crippen molar-refractivity contribution in [2.24, 2.45) is 10.8 Å². The quantitative estimate of drug-likeness (QED) is 0.625. The van der Waals surface area contributed by atoms with Crippen molar-refractivity contribution in [2.45, 2.75) is 111 Å². The molecule has 2 rings (SSSR count). The number of carbonyl (C=O) groups excluding carboxylic acids is 3. The molecule has 0 spiro atoms. The van der Waals surface area contributed by atoms with Crippen LogP contribution in [0, 0.1) is 10.8 Å². The summed E-state index contributed by atoms with van der Waals surface area (Å²) in [4.78, 5) is 45.1. The normalized spacial score (nSPS) is 23.5. The highest BCUT2D eigenvalue weighted by molar-refractivity contribution is 5.87. The first-order chi connectivity index (χ1) is 15.5. The van der Waals surface area contributed by atoms with Gasteiger partial charge in [0.25, 0.3) is 0 Å². The van der Waals surface area contributed by atoms with Gasteiger partial charge in [-0.3, -0.25) is 14.5 Å². The van der Waals surface area contributed by atoms with Gasteiger partial charge in [0.2, 0.25) is 11.8 Å². The maximum absolute atomic E-state index is 13.8. The Morgan fingerprint density at radius 1 is 1.06 bits per heavy atom. The second kappa shape index (κ2) is 10.4. The van der Waals surface area contributed by atoms with Crippen LogP contribution in [0.25, 0.3) is 0 Å². The van der Waals surface area contributed by atoms with Crippen molar-refractivity contribution in [3.05, 3.63) is 0 Å². The van der Waals surface area contributed by atoms with Crippen molar-refractivity contribution in [3.8, 4) is 0 Å². The summed E-state index contributed by atoms with van der Waals surface area (Å²) in [5.41, 5.74) is -1.40. The van der Waals surface area contributed by atoms with Crippen molar-refractivity contribution in [1.29, 1.82) is 0 Å². The molecule has 2 atom stereocenters. The Morgan fingerprint density at radius 2 is 1.62 bits per heavy atom. The number of amides is 3. The second-order valence-corrected chi connectivity index (χ2v) is 12.5. The zero-order valence-corrected chi connectivity index (χ0v) is 22.8. The van der Waals surface area contributed by atoms with Crippen LogP contribution in [0.3, 0.4) is 0 Å². The average molecular weight is 482 g/mol. The lowest BCUT2D eigenvalue weighted by Gasteiger charge is -2.45. The molecule has 1 aliphatic carbocycles. The van der Waals surface area contributed by atoms with Gasteiger partial charge in [-0.2, -0.15) is 0 Å². The van der Waals surface area contributed by atoms with Gasteiger partial charge in [-0.15, -0.1) is 0 Å². The molecule has 34 heavy (non-hydrogen) atoms. The SMILES string of the molecule is CCN(C)C(=O)[C@@H]1C[C@H](N(C(=O)C(C)(C)CO)C2CCC(C)(C)CC2)CN1C(=O)OC(C)(C)C. The van der Waals surface area contributed by atoms with E-state index in [1.54, 1.807) is 46.6 Å². The summed E-state index contributed by atoms with van der Waals surface area (Å²) in [7, 11) is 1.73. The van der Waals surface area contributed by atoms with E-state index in [-0.39, 0.29) is 42.5 Å². The van der Waals surface area contributed by atoms with E-state index in [4.69, 9.17) is 4.74 Å². The largest absolute Gasteiger partial charge is 0.444 e. The first-order valence-corrected chi connectivity index (χ1v) is 12.7. The lowest BCUT2D eigenvalue weighted by molar-refractivity contribution is -0.149. The minimum absolute atomic E-state index is 0.0228. The first-order valence-electron chi connectivity index (χ1n) is 12.7. The van der Waals surface area contributed by atoms with E-state index in [2.05, 4.69) is 13.8 Å². The first kappa shape index (κ1) is 28.4. The molecule has 0 unspecified atom stereocenters. The van der Waals surface area contributed by atoms with Gasteiger partial charge in [0, 0.05) is 26.2 Å². The molecule has 2 aliphatic rings. The number of hydrogen-bond acceptors (Lipinski definition) is 5. The zero-order valence-electron chi connectivity index (χ0n) is 22.8. The molecule has 1 aliphatic heterocycles. The minimum atomic E-state index is -0.938.